The van der Waals surface area contributed by atoms with E-state index in [0.29, 0.717) is 23.0 Å². The summed E-state index contributed by atoms with van der Waals surface area (Å²) in [5, 5.41) is 6.64. The Bertz CT molecular complexity index is 1070. The van der Waals surface area contributed by atoms with Crippen LogP contribution in [-0.4, -0.2) is 32.6 Å². The van der Waals surface area contributed by atoms with E-state index >= 15 is 0 Å². The van der Waals surface area contributed by atoms with Gasteiger partial charge in [0, 0.05) is 11.2 Å². The van der Waals surface area contributed by atoms with Gasteiger partial charge in [0.25, 0.3) is 0 Å². The molecule has 3 aromatic rings. The van der Waals surface area contributed by atoms with Gasteiger partial charge in [-0.25, -0.2) is 9.97 Å². The molecule has 1 atom stereocenters. The summed E-state index contributed by atoms with van der Waals surface area (Å²) in [5.74, 6) is -0.200. The van der Waals surface area contributed by atoms with E-state index < -0.39 is 29.0 Å². The normalized spacial score (nSPS) is 13.0. The van der Waals surface area contributed by atoms with Crippen LogP contribution in [0.5, 0.6) is 11.6 Å². The van der Waals surface area contributed by atoms with E-state index in [2.05, 4.69) is 20.2 Å². The number of carbonyl (C=O) groups is 1. The maximum absolute atomic E-state index is 13.3. The van der Waals surface area contributed by atoms with Gasteiger partial charge in [0.15, 0.2) is 11.6 Å². The lowest BCUT2D eigenvalue weighted by atomic mass is 9.85. The molecule has 0 spiro atoms. The molecule has 0 bridgehead atoms. The van der Waals surface area contributed by atoms with Crippen LogP contribution in [0.3, 0.4) is 0 Å². The van der Waals surface area contributed by atoms with Crippen molar-refractivity contribution >= 4 is 29.0 Å². The minimum atomic E-state index is -4.59. The summed E-state index contributed by atoms with van der Waals surface area (Å²) >= 11 is 11.8. The monoisotopic (exact) mass is 488 g/mol. The molecule has 0 aliphatic rings. The number of pyridine rings is 1. The van der Waals surface area contributed by atoms with E-state index in [0.717, 1.165) is 0 Å². The number of aromatic nitrogens is 4. The fourth-order valence-electron chi connectivity index (χ4n) is 2.58. The van der Waals surface area contributed by atoms with Crippen LogP contribution in [0.25, 0.3) is 0 Å². The van der Waals surface area contributed by atoms with Gasteiger partial charge in [-0.05, 0) is 44.2 Å². The Hall–Kier alpha value is -2.85. The first-order valence-corrected chi connectivity index (χ1v) is 9.91. The van der Waals surface area contributed by atoms with E-state index in [1.54, 1.807) is 38.1 Å². The average molecular weight is 489 g/mol. The van der Waals surface area contributed by atoms with Crippen molar-refractivity contribution in [1.29, 1.82) is 0 Å². The predicted molar refractivity (Wildman–Crippen MR) is 110 cm³/mol. The summed E-state index contributed by atoms with van der Waals surface area (Å²) in [6.07, 6.45) is -3.86. The van der Waals surface area contributed by atoms with Gasteiger partial charge >= 0.3 is 6.18 Å². The highest BCUT2D eigenvalue weighted by atomic mass is 35.5. The third-order valence-electron chi connectivity index (χ3n) is 4.35. The van der Waals surface area contributed by atoms with Crippen molar-refractivity contribution in [2.24, 2.45) is 5.41 Å². The van der Waals surface area contributed by atoms with Gasteiger partial charge in [0.05, 0.1) is 11.0 Å². The smallest absolute Gasteiger partial charge is 0.417 e. The number of hydrogen-bond acceptors (Lipinski definition) is 6. The summed E-state index contributed by atoms with van der Waals surface area (Å²) in [6, 6.07) is 7.08. The number of ether oxygens (including phenoxy) is 2. The quantitative estimate of drug-likeness (QED) is 0.461. The number of hydrogen-bond donors (Lipinski definition) is 1. The zero-order valence-corrected chi connectivity index (χ0v) is 18.3. The summed E-state index contributed by atoms with van der Waals surface area (Å²) in [6.45, 7) is 2.92. The van der Waals surface area contributed by atoms with Crippen molar-refractivity contribution in [3.05, 3.63) is 64.3 Å². The average Bonchev–Trinajstić information content (AvgIpc) is 3.26. The first-order chi connectivity index (χ1) is 15.0. The molecule has 12 heteroatoms. The zero-order chi connectivity index (χ0) is 23.5. The van der Waals surface area contributed by atoms with Crippen molar-refractivity contribution in [2.45, 2.75) is 26.1 Å². The molecular weight excluding hydrogens is 472 g/mol. The maximum Gasteiger partial charge on any atom is 0.417 e. The lowest BCUT2D eigenvalue weighted by Crippen LogP contribution is -2.37. The highest BCUT2D eigenvalue weighted by Crippen LogP contribution is 2.35. The Kier molecular flexibility index (Phi) is 6.94. The fraction of sp³-hybridized carbons (Fsp3) is 0.300. The number of alkyl halides is 3. The molecule has 0 aliphatic heterocycles. The molecule has 0 aliphatic carbocycles. The molecule has 0 radical (unpaired) electrons. The number of aromatic amines is 1. The molecule has 170 valence electrons. The van der Waals surface area contributed by atoms with E-state index in [1.165, 1.54) is 6.33 Å². The minimum absolute atomic E-state index is 0.101. The molecule has 0 fully saturated rings. The number of halogens is 5. The summed E-state index contributed by atoms with van der Waals surface area (Å²) in [7, 11) is 0. The second-order valence-corrected chi connectivity index (χ2v) is 8.20. The molecule has 2 aromatic heterocycles. The molecule has 0 amide bonds. The van der Waals surface area contributed by atoms with Crippen molar-refractivity contribution in [2.75, 3.05) is 6.61 Å². The molecule has 0 saturated carbocycles. The van der Waals surface area contributed by atoms with E-state index in [1.807, 2.05) is 0 Å². The molecule has 0 saturated heterocycles. The largest absolute Gasteiger partial charge is 0.476 e. The number of ketones is 1. The predicted octanol–water partition coefficient (Wildman–Crippen LogP) is 5.32. The Balaban J connectivity index is 1.77. The van der Waals surface area contributed by atoms with Gasteiger partial charge < -0.3 is 9.47 Å². The molecule has 7 nitrogen and oxygen atoms in total. The molecule has 2 heterocycles. The number of rotatable bonds is 8. The number of nitrogens with one attached hydrogen (secondary N) is 1. The molecule has 1 unspecified atom stereocenters. The van der Waals surface area contributed by atoms with Gasteiger partial charge in [-0.15, -0.1) is 0 Å². The SMILES string of the molecule is CC(C)(COc1ncc(C(F)(F)F)cc1Cl)C(=O)C(Oc1ccc(Cl)cc1)c1nc[nH]n1. The fourth-order valence-corrected chi connectivity index (χ4v) is 2.93. The van der Waals surface area contributed by atoms with Gasteiger partial charge in [0.2, 0.25) is 12.0 Å². The highest BCUT2D eigenvalue weighted by molar-refractivity contribution is 6.31. The second kappa shape index (κ2) is 9.33. The van der Waals surface area contributed by atoms with Crippen molar-refractivity contribution in [1.82, 2.24) is 20.2 Å². The van der Waals surface area contributed by atoms with Crippen LogP contribution in [0.4, 0.5) is 13.2 Å². The zero-order valence-electron chi connectivity index (χ0n) is 16.8. The van der Waals surface area contributed by atoms with Crippen LogP contribution < -0.4 is 9.47 Å². The summed E-state index contributed by atoms with van der Waals surface area (Å²) in [5.41, 5.74) is -2.18. The standard InChI is InChI=1S/C20H17Cl2F3N4O3/c1-19(2,9-31-18-14(22)7-11(8-26-18)20(23,24)25)16(30)15(17-27-10-28-29-17)32-13-5-3-12(21)4-6-13/h3-8,10,15H,9H2,1-2H3,(H,27,28,29). The van der Waals surface area contributed by atoms with Crippen molar-refractivity contribution < 1.29 is 27.4 Å². The van der Waals surface area contributed by atoms with Crippen LogP contribution in [0.15, 0.2) is 42.9 Å². The van der Waals surface area contributed by atoms with Gasteiger partial charge in [0.1, 0.15) is 23.7 Å². The van der Waals surface area contributed by atoms with E-state index in [9.17, 15) is 18.0 Å². The van der Waals surface area contributed by atoms with Crippen molar-refractivity contribution in [3.8, 4) is 11.6 Å². The molecule has 1 N–H and O–H groups in total. The lowest BCUT2D eigenvalue weighted by Gasteiger charge is -2.27. The third-order valence-corrected chi connectivity index (χ3v) is 4.87. The van der Waals surface area contributed by atoms with Gasteiger partial charge in [-0.2, -0.15) is 18.3 Å². The first-order valence-electron chi connectivity index (χ1n) is 9.15. The maximum atomic E-state index is 13.3. The van der Waals surface area contributed by atoms with Crippen LogP contribution >= 0.6 is 23.2 Å². The van der Waals surface area contributed by atoms with Crippen LogP contribution in [0.2, 0.25) is 10.0 Å². The summed E-state index contributed by atoms with van der Waals surface area (Å²) in [4.78, 5) is 20.9. The molecule has 32 heavy (non-hydrogen) atoms. The molecule has 3 rings (SSSR count). The number of Topliss-reactive ketones (excluding diaryl/α,β-unsaturated/α-hetero) is 1. The second-order valence-electron chi connectivity index (χ2n) is 7.35. The Morgan fingerprint density at radius 3 is 2.41 bits per heavy atom. The van der Waals surface area contributed by atoms with Crippen LogP contribution in [0.1, 0.15) is 31.3 Å². The number of benzene rings is 1. The Morgan fingerprint density at radius 2 is 1.84 bits per heavy atom. The third kappa shape index (κ3) is 5.68. The van der Waals surface area contributed by atoms with Gasteiger partial charge in [-0.3, -0.25) is 9.89 Å². The van der Waals surface area contributed by atoms with Crippen LogP contribution in [0, 0.1) is 5.41 Å². The molecule has 1 aromatic carbocycles. The van der Waals surface area contributed by atoms with Crippen LogP contribution in [-0.2, 0) is 11.0 Å². The van der Waals surface area contributed by atoms with Crippen molar-refractivity contribution in [3.63, 3.8) is 0 Å². The minimum Gasteiger partial charge on any atom is -0.476 e. The summed E-state index contributed by atoms with van der Waals surface area (Å²) < 4.78 is 49.6. The molecular formula is C20H17Cl2F3N4O3. The number of H-pyrrole nitrogens is 1. The van der Waals surface area contributed by atoms with E-state index in [4.69, 9.17) is 32.7 Å². The number of carbonyl (C=O) groups excluding carboxylic acids is 1. The highest BCUT2D eigenvalue weighted by Gasteiger charge is 2.39. The Morgan fingerprint density at radius 1 is 1.16 bits per heavy atom. The van der Waals surface area contributed by atoms with E-state index in [-0.39, 0.29) is 23.3 Å². The number of nitrogens with zero attached hydrogens (tertiary/aromatic N) is 3. The topological polar surface area (TPSA) is 90.0 Å². The lowest BCUT2D eigenvalue weighted by molar-refractivity contribution is -0.137. The first kappa shape index (κ1) is 23.8. The van der Waals surface area contributed by atoms with Gasteiger partial charge in [-0.1, -0.05) is 23.2 Å². The Labute approximate surface area is 190 Å².